The molecule has 7 heteroatoms. The van der Waals surface area contributed by atoms with Crippen molar-refractivity contribution in [3.05, 3.63) is 46.5 Å². The molecule has 2 heterocycles. The molecule has 0 saturated carbocycles. The Morgan fingerprint density at radius 3 is 2.76 bits per heavy atom. The Kier molecular flexibility index (Phi) is 3.69. The van der Waals surface area contributed by atoms with Crippen LogP contribution in [0.1, 0.15) is 18.5 Å². The van der Waals surface area contributed by atoms with Gasteiger partial charge in [0, 0.05) is 12.1 Å². The molecule has 0 spiro atoms. The van der Waals surface area contributed by atoms with Gasteiger partial charge in [-0.15, -0.1) is 0 Å². The molecule has 0 saturated heterocycles. The van der Waals surface area contributed by atoms with Crippen LogP contribution in [0.3, 0.4) is 0 Å². The number of rotatable bonds is 3. The highest BCUT2D eigenvalue weighted by atomic mass is 35.5. The van der Waals surface area contributed by atoms with Crippen molar-refractivity contribution in [2.45, 2.75) is 13.0 Å². The predicted molar refractivity (Wildman–Crippen MR) is 85.1 cm³/mol. The van der Waals surface area contributed by atoms with Crippen molar-refractivity contribution in [3.63, 3.8) is 0 Å². The Bertz CT molecular complexity index is 799. The Balaban J connectivity index is 2.14. The maximum absolute atomic E-state index is 6.06. The summed E-state index contributed by atoms with van der Waals surface area (Å²) in [5.41, 5.74) is 2.45. The molecule has 1 unspecified atom stereocenters. The SMILES string of the molecule is CNc1nc(Cl)nc2c1ncn2C(C)c1cccc(Cl)c1. The Labute approximate surface area is 131 Å². The molecule has 3 rings (SSSR count). The first-order chi connectivity index (χ1) is 10.1. The minimum atomic E-state index is 0.0318. The minimum absolute atomic E-state index is 0.0318. The third kappa shape index (κ3) is 2.54. The van der Waals surface area contributed by atoms with E-state index in [2.05, 4.69) is 27.2 Å². The van der Waals surface area contributed by atoms with Gasteiger partial charge in [0.05, 0.1) is 12.4 Å². The second-order valence-electron chi connectivity index (χ2n) is 4.65. The van der Waals surface area contributed by atoms with Gasteiger partial charge in [0.25, 0.3) is 0 Å². The van der Waals surface area contributed by atoms with Crippen LogP contribution in [0.2, 0.25) is 10.3 Å². The zero-order valence-corrected chi connectivity index (χ0v) is 13.0. The van der Waals surface area contributed by atoms with Crippen LogP contribution in [0.5, 0.6) is 0 Å². The van der Waals surface area contributed by atoms with Crippen LogP contribution >= 0.6 is 23.2 Å². The number of fused-ring (bicyclic) bond motifs is 1. The summed E-state index contributed by atoms with van der Waals surface area (Å²) in [5.74, 6) is 0.613. The molecular formula is C14H13Cl2N5. The van der Waals surface area contributed by atoms with Crippen LogP contribution in [0.15, 0.2) is 30.6 Å². The zero-order valence-electron chi connectivity index (χ0n) is 11.5. The van der Waals surface area contributed by atoms with Crippen LogP contribution in [0, 0.1) is 0 Å². The molecule has 0 aliphatic rings. The number of benzene rings is 1. The number of hydrogen-bond acceptors (Lipinski definition) is 4. The normalized spacial score (nSPS) is 12.6. The lowest BCUT2D eigenvalue weighted by atomic mass is 10.1. The van der Waals surface area contributed by atoms with E-state index in [1.807, 2.05) is 28.8 Å². The average Bonchev–Trinajstić information content (AvgIpc) is 2.89. The lowest BCUT2D eigenvalue weighted by Crippen LogP contribution is -2.07. The molecule has 1 N–H and O–H groups in total. The minimum Gasteiger partial charge on any atom is -0.371 e. The maximum atomic E-state index is 6.06. The van der Waals surface area contributed by atoms with Gasteiger partial charge in [-0.2, -0.15) is 9.97 Å². The number of anilines is 1. The van der Waals surface area contributed by atoms with Crippen molar-refractivity contribution < 1.29 is 0 Å². The molecule has 0 fully saturated rings. The van der Waals surface area contributed by atoms with E-state index in [4.69, 9.17) is 23.2 Å². The lowest BCUT2D eigenvalue weighted by Gasteiger charge is -2.14. The van der Waals surface area contributed by atoms with Gasteiger partial charge in [-0.3, -0.25) is 0 Å². The van der Waals surface area contributed by atoms with Gasteiger partial charge in [-0.05, 0) is 36.2 Å². The monoisotopic (exact) mass is 321 g/mol. The van der Waals surface area contributed by atoms with Gasteiger partial charge < -0.3 is 9.88 Å². The molecule has 0 aliphatic carbocycles. The van der Waals surface area contributed by atoms with Crippen molar-refractivity contribution in [1.82, 2.24) is 19.5 Å². The van der Waals surface area contributed by atoms with Gasteiger partial charge in [0.15, 0.2) is 17.0 Å². The van der Waals surface area contributed by atoms with Crippen molar-refractivity contribution in [2.75, 3.05) is 12.4 Å². The molecule has 0 aliphatic heterocycles. The van der Waals surface area contributed by atoms with Crippen LogP contribution in [0.4, 0.5) is 5.82 Å². The summed E-state index contributed by atoms with van der Waals surface area (Å²) >= 11 is 12.0. The topological polar surface area (TPSA) is 55.6 Å². The summed E-state index contributed by atoms with van der Waals surface area (Å²) in [5, 5.41) is 3.87. The second kappa shape index (κ2) is 5.50. The van der Waals surface area contributed by atoms with Crippen LogP contribution in [-0.2, 0) is 0 Å². The fourth-order valence-corrected chi connectivity index (χ4v) is 2.64. The van der Waals surface area contributed by atoms with E-state index < -0.39 is 0 Å². The van der Waals surface area contributed by atoms with E-state index in [0.29, 0.717) is 22.0 Å². The Hall–Kier alpha value is -1.85. The van der Waals surface area contributed by atoms with E-state index in [9.17, 15) is 0 Å². The largest absolute Gasteiger partial charge is 0.371 e. The summed E-state index contributed by atoms with van der Waals surface area (Å²) in [6.45, 7) is 2.06. The maximum Gasteiger partial charge on any atom is 0.226 e. The number of nitrogens with one attached hydrogen (secondary N) is 1. The Morgan fingerprint density at radius 1 is 1.24 bits per heavy atom. The fraction of sp³-hybridized carbons (Fsp3) is 0.214. The van der Waals surface area contributed by atoms with Gasteiger partial charge >= 0.3 is 0 Å². The predicted octanol–water partition coefficient (Wildman–Crippen LogP) is 3.78. The van der Waals surface area contributed by atoms with Crippen LogP contribution in [-0.4, -0.2) is 26.6 Å². The van der Waals surface area contributed by atoms with E-state index in [1.54, 1.807) is 13.4 Å². The van der Waals surface area contributed by atoms with Crippen molar-refractivity contribution in [3.8, 4) is 0 Å². The summed E-state index contributed by atoms with van der Waals surface area (Å²) in [6.07, 6.45) is 1.74. The second-order valence-corrected chi connectivity index (χ2v) is 5.42. The number of aromatic nitrogens is 4. The summed E-state index contributed by atoms with van der Waals surface area (Å²) in [7, 11) is 1.78. The summed E-state index contributed by atoms with van der Waals surface area (Å²) in [6, 6.07) is 7.75. The van der Waals surface area contributed by atoms with E-state index in [-0.39, 0.29) is 11.3 Å². The van der Waals surface area contributed by atoms with Gasteiger partial charge in [0.1, 0.15) is 0 Å². The number of imidazole rings is 1. The molecular weight excluding hydrogens is 309 g/mol. The average molecular weight is 322 g/mol. The van der Waals surface area contributed by atoms with E-state index in [0.717, 1.165) is 5.56 Å². The standard InChI is InChI=1S/C14H13Cl2N5/c1-8(9-4-3-5-10(15)6-9)21-7-18-11-12(17-2)19-14(16)20-13(11)21/h3-8H,1-2H3,(H,17,19,20). The molecule has 0 bridgehead atoms. The molecule has 5 nitrogen and oxygen atoms in total. The quantitative estimate of drug-likeness (QED) is 0.746. The smallest absolute Gasteiger partial charge is 0.226 e. The van der Waals surface area contributed by atoms with E-state index >= 15 is 0 Å². The molecule has 1 aromatic carbocycles. The van der Waals surface area contributed by atoms with Gasteiger partial charge in [-0.1, -0.05) is 23.7 Å². The molecule has 108 valence electrons. The first-order valence-electron chi connectivity index (χ1n) is 6.43. The Morgan fingerprint density at radius 2 is 2.05 bits per heavy atom. The van der Waals surface area contributed by atoms with Crippen LogP contribution in [0.25, 0.3) is 11.2 Å². The van der Waals surface area contributed by atoms with Gasteiger partial charge in [0.2, 0.25) is 5.28 Å². The van der Waals surface area contributed by atoms with Crippen LogP contribution < -0.4 is 5.32 Å². The fourth-order valence-electron chi connectivity index (χ4n) is 2.27. The lowest BCUT2D eigenvalue weighted by molar-refractivity contribution is 0.652. The summed E-state index contributed by atoms with van der Waals surface area (Å²) < 4.78 is 1.95. The molecule has 0 amide bonds. The molecule has 1 atom stereocenters. The molecule has 3 aromatic rings. The highest BCUT2D eigenvalue weighted by molar-refractivity contribution is 6.30. The highest BCUT2D eigenvalue weighted by Gasteiger charge is 2.16. The molecule has 21 heavy (non-hydrogen) atoms. The van der Waals surface area contributed by atoms with Crippen molar-refractivity contribution in [1.29, 1.82) is 0 Å². The molecule has 2 aromatic heterocycles. The molecule has 0 radical (unpaired) electrons. The van der Waals surface area contributed by atoms with Gasteiger partial charge in [-0.25, -0.2) is 4.98 Å². The highest BCUT2D eigenvalue weighted by Crippen LogP contribution is 2.27. The van der Waals surface area contributed by atoms with E-state index in [1.165, 1.54) is 0 Å². The zero-order chi connectivity index (χ0) is 15.0. The van der Waals surface area contributed by atoms with Crippen molar-refractivity contribution >= 4 is 40.2 Å². The summed E-state index contributed by atoms with van der Waals surface area (Å²) in [4.78, 5) is 12.8. The van der Waals surface area contributed by atoms with Crippen molar-refractivity contribution in [2.24, 2.45) is 0 Å². The number of nitrogens with zero attached hydrogens (tertiary/aromatic N) is 4. The number of halogens is 2. The number of hydrogen-bond donors (Lipinski definition) is 1. The first kappa shape index (κ1) is 14.1. The third-order valence-electron chi connectivity index (χ3n) is 3.38. The first-order valence-corrected chi connectivity index (χ1v) is 7.19. The third-order valence-corrected chi connectivity index (χ3v) is 3.78.